The number of aliphatic hydroxyl groups excluding tert-OH is 1. The van der Waals surface area contributed by atoms with Crippen molar-refractivity contribution in [2.75, 3.05) is 13.2 Å². The number of para-hydroxylation sites is 1. The first-order valence-corrected chi connectivity index (χ1v) is 13.1. The Morgan fingerprint density at radius 1 is 1.14 bits per heavy atom. The largest absolute Gasteiger partial charge is 0.394 e. The van der Waals surface area contributed by atoms with Crippen LogP contribution in [0.2, 0.25) is 0 Å². The molecule has 0 bridgehead atoms. The van der Waals surface area contributed by atoms with Crippen LogP contribution in [0.1, 0.15) is 58.5 Å². The van der Waals surface area contributed by atoms with Gasteiger partial charge in [0, 0.05) is 17.4 Å². The average molecular weight is 497 g/mol. The number of fused-ring (bicyclic) bond motifs is 2. The summed E-state index contributed by atoms with van der Waals surface area (Å²) < 4.78 is 0. The van der Waals surface area contributed by atoms with Gasteiger partial charge in [0.05, 0.1) is 12.6 Å². The molecule has 1 aromatic heterocycles. The fourth-order valence-electron chi connectivity index (χ4n) is 5.83. The summed E-state index contributed by atoms with van der Waals surface area (Å²) in [5, 5.41) is 16.6. The number of aliphatic hydroxyl groups is 1. The Morgan fingerprint density at radius 2 is 1.83 bits per heavy atom. The average Bonchev–Trinajstić information content (AvgIpc) is 3.21. The van der Waals surface area contributed by atoms with Gasteiger partial charge in [-0.05, 0) is 47.6 Å². The summed E-state index contributed by atoms with van der Waals surface area (Å²) in [5.41, 5.74) is 1.24. The molecule has 1 aliphatic carbocycles. The van der Waals surface area contributed by atoms with Crippen LogP contribution in [-0.2, 0) is 9.59 Å². The van der Waals surface area contributed by atoms with Crippen molar-refractivity contribution in [3.05, 3.63) is 36.0 Å². The number of benzene rings is 1. The number of hydrogen-bond acceptors (Lipinski definition) is 4. The molecule has 3 amide bonds. The maximum Gasteiger partial charge on any atom is 0.268 e. The van der Waals surface area contributed by atoms with Crippen molar-refractivity contribution in [3.63, 3.8) is 0 Å². The van der Waals surface area contributed by atoms with Gasteiger partial charge < -0.3 is 25.6 Å². The number of carbonyl (C=O) groups is 3. The lowest BCUT2D eigenvalue weighted by atomic mass is 9.97. The summed E-state index contributed by atoms with van der Waals surface area (Å²) >= 11 is 0. The zero-order valence-electron chi connectivity index (χ0n) is 22.2. The third-order valence-electron chi connectivity index (χ3n) is 8.17. The quantitative estimate of drug-likeness (QED) is 0.427. The minimum absolute atomic E-state index is 0.0214. The van der Waals surface area contributed by atoms with Gasteiger partial charge in [-0.25, -0.2) is 0 Å². The SMILES string of the molecule is CC(C)C[C@H](NC(=O)c1cc2ccccc2[nH]1)C(=O)N1CC2C([C@H]1C(=O)NC(CO)C(C)C)C2(C)C. The Balaban J connectivity index is 1.55. The van der Waals surface area contributed by atoms with Gasteiger partial charge in [0.1, 0.15) is 17.8 Å². The Hall–Kier alpha value is -2.87. The summed E-state index contributed by atoms with van der Waals surface area (Å²) in [5.74, 6) is -0.235. The highest BCUT2D eigenvalue weighted by atomic mass is 16.3. The number of aromatic nitrogens is 1. The number of carbonyl (C=O) groups excluding carboxylic acids is 3. The second-order valence-electron chi connectivity index (χ2n) is 11.9. The molecule has 2 aliphatic rings. The van der Waals surface area contributed by atoms with E-state index in [-0.39, 0.29) is 59.5 Å². The summed E-state index contributed by atoms with van der Waals surface area (Å²) in [6.07, 6.45) is 0.472. The van der Waals surface area contributed by atoms with Crippen molar-refractivity contribution in [1.29, 1.82) is 0 Å². The number of amides is 3. The minimum atomic E-state index is -0.737. The zero-order chi connectivity index (χ0) is 26.4. The maximum atomic E-state index is 13.9. The smallest absolute Gasteiger partial charge is 0.268 e. The molecule has 2 fully saturated rings. The Kier molecular flexibility index (Phi) is 7.19. The highest BCUT2D eigenvalue weighted by Crippen LogP contribution is 2.65. The van der Waals surface area contributed by atoms with Gasteiger partial charge in [0.15, 0.2) is 0 Å². The van der Waals surface area contributed by atoms with Crippen LogP contribution in [0, 0.1) is 29.1 Å². The van der Waals surface area contributed by atoms with Gasteiger partial charge in [-0.15, -0.1) is 0 Å². The Labute approximate surface area is 213 Å². The van der Waals surface area contributed by atoms with Crippen LogP contribution >= 0.6 is 0 Å². The second kappa shape index (κ2) is 9.88. The van der Waals surface area contributed by atoms with E-state index in [1.807, 2.05) is 52.0 Å². The lowest BCUT2D eigenvalue weighted by Crippen LogP contribution is -2.57. The molecule has 0 spiro atoms. The number of hydrogen-bond donors (Lipinski definition) is 4. The summed E-state index contributed by atoms with van der Waals surface area (Å²) in [7, 11) is 0. The molecule has 4 N–H and O–H groups in total. The summed E-state index contributed by atoms with van der Waals surface area (Å²) in [6.45, 7) is 12.5. The van der Waals surface area contributed by atoms with E-state index in [1.54, 1.807) is 11.0 Å². The van der Waals surface area contributed by atoms with Crippen LogP contribution in [0.25, 0.3) is 10.9 Å². The molecule has 1 aromatic carbocycles. The molecule has 0 radical (unpaired) electrons. The first kappa shape index (κ1) is 26.2. The lowest BCUT2D eigenvalue weighted by molar-refractivity contribution is -0.142. The third kappa shape index (κ3) is 4.88. The molecule has 4 rings (SSSR count). The van der Waals surface area contributed by atoms with E-state index in [1.165, 1.54) is 0 Å². The van der Waals surface area contributed by atoms with Gasteiger partial charge in [-0.1, -0.05) is 59.7 Å². The number of aromatic amines is 1. The number of nitrogens with one attached hydrogen (secondary N) is 3. The van der Waals surface area contributed by atoms with Crippen LogP contribution in [0.3, 0.4) is 0 Å². The van der Waals surface area contributed by atoms with Crippen LogP contribution in [-0.4, -0.2) is 64.0 Å². The molecule has 1 saturated carbocycles. The Bertz CT molecular complexity index is 1100. The number of rotatable bonds is 9. The highest BCUT2D eigenvalue weighted by Gasteiger charge is 2.69. The molecule has 8 nitrogen and oxygen atoms in total. The monoisotopic (exact) mass is 496 g/mol. The molecule has 36 heavy (non-hydrogen) atoms. The molecule has 2 aromatic rings. The lowest BCUT2D eigenvalue weighted by Gasteiger charge is -2.34. The molecule has 1 aliphatic heterocycles. The van der Waals surface area contributed by atoms with Crippen molar-refractivity contribution < 1.29 is 19.5 Å². The van der Waals surface area contributed by atoms with E-state index in [0.717, 1.165) is 10.9 Å². The predicted octanol–water partition coefficient (Wildman–Crippen LogP) is 2.93. The molecular formula is C28H40N4O4. The van der Waals surface area contributed by atoms with E-state index >= 15 is 0 Å². The van der Waals surface area contributed by atoms with Gasteiger partial charge in [0.2, 0.25) is 11.8 Å². The van der Waals surface area contributed by atoms with Gasteiger partial charge in [-0.2, -0.15) is 0 Å². The number of H-pyrrole nitrogens is 1. The number of likely N-dealkylation sites (tertiary alicyclic amines) is 1. The summed E-state index contributed by atoms with van der Waals surface area (Å²) in [6, 6.07) is 7.71. The van der Waals surface area contributed by atoms with E-state index in [4.69, 9.17) is 0 Å². The number of nitrogens with zero attached hydrogens (tertiary/aromatic N) is 1. The van der Waals surface area contributed by atoms with Crippen LogP contribution in [0.4, 0.5) is 0 Å². The first-order valence-electron chi connectivity index (χ1n) is 13.1. The van der Waals surface area contributed by atoms with Crippen molar-refractivity contribution in [2.45, 2.75) is 66.1 Å². The molecule has 196 valence electrons. The molecule has 2 heterocycles. The Morgan fingerprint density at radius 3 is 2.44 bits per heavy atom. The fourth-order valence-corrected chi connectivity index (χ4v) is 5.83. The molecule has 1 saturated heterocycles. The molecule has 3 unspecified atom stereocenters. The molecule has 8 heteroatoms. The van der Waals surface area contributed by atoms with Gasteiger partial charge >= 0.3 is 0 Å². The second-order valence-corrected chi connectivity index (χ2v) is 11.9. The molecular weight excluding hydrogens is 456 g/mol. The van der Waals surface area contributed by atoms with Crippen molar-refractivity contribution in [1.82, 2.24) is 20.5 Å². The van der Waals surface area contributed by atoms with Crippen LogP contribution < -0.4 is 10.6 Å². The minimum Gasteiger partial charge on any atom is -0.394 e. The summed E-state index contributed by atoms with van der Waals surface area (Å²) in [4.78, 5) is 45.3. The van der Waals surface area contributed by atoms with Crippen molar-refractivity contribution in [3.8, 4) is 0 Å². The normalized spacial score (nSPS) is 24.0. The van der Waals surface area contributed by atoms with E-state index < -0.39 is 12.1 Å². The topological polar surface area (TPSA) is 115 Å². The van der Waals surface area contributed by atoms with E-state index in [2.05, 4.69) is 29.5 Å². The predicted molar refractivity (Wildman–Crippen MR) is 139 cm³/mol. The van der Waals surface area contributed by atoms with Crippen LogP contribution in [0.5, 0.6) is 0 Å². The van der Waals surface area contributed by atoms with E-state index in [0.29, 0.717) is 18.7 Å². The first-order chi connectivity index (χ1) is 16.9. The maximum absolute atomic E-state index is 13.9. The van der Waals surface area contributed by atoms with Crippen LogP contribution in [0.15, 0.2) is 30.3 Å². The fraction of sp³-hybridized carbons (Fsp3) is 0.607. The highest BCUT2D eigenvalue weighted by molar-refractivity contribution is 6.01. The van der Waals surface area contributed by atoms with Gasteiger partial charge in [-0.3, -0.25) is 14.4 Å². The van der Waals surface area contributed by atoms with Gasteiger partial charge in [0.25, 0.3) is 5.91 Å². The van der Waals surface area contributed by atoms with Crippen molar-refractivity contribution >= 4 is 28.6 Å². The molecule has 5 atom stereocenters. The zero-order valence-corrected chi connectivity index (χ0v) is 22.2. The van der Waals surface area contributed by atoms with Crippen molar-refractivity contribution in [2.24, 2.45) is 29.1 Å². The van der Waals surface area contributed by atoms with E-state index in [9.17, 15) is 19.5 Å². The number of piperidine rings is 1. The standard InChI is InChI=1S/C28H40N4O4/c1-15(2)11-21(30-25(34)20-12-17-9-7-8-10-19(17)29-20)27(36)32-13-18-23(28(18,5)6)24(32)26(35)31-22(14-33)16(3)4/h7-10,12,15-16,18,21-24,29,33H,11,13-14H2,1-6H3,(H,30,34)(H,31,35)/t18?,21-,22?,23?,24-/m0/s1. The third-order valence-corrected chi connectivity index (χ3v) is 8.17.